The van der Waals surface area contributed by atoms with Gasteiger partial charge in [-0.2, -0.15) is 0 Å². The highest BCUT2D eigenvalue weighted by molar-refractivity contribution is 5.96. The van der Waals surface area contributed by atoms with Crippen molar-refractivity contribution in [1.29, 1.82) is 0 Å². The van der Waals surface area contributed by atoms with Gasteiger partial charge in [-0.3, -0.25) is 4.79 Å². The largest absolute Gasteiger partial charge is 0.338 e. The van der Waals surface area contributed by atoms with E-state index in [4.69, 9.17) is 0 Å². The molecule has 0 spiro atoms. The molecule has 0 N–H and O–H groups in total. The summed E-state index contributed by atoms with van der Waals surface area (Å²) in [6.07, 6.45) is 4.85. The highest BCUT2D eigenvalue weighted by Crippen LogP contribution is 2.09. The zero-order chi connectivity index (χ0) is 12.3. The molecule has 0 saturated carbocycles. The van der Waals surface area contributed by atoms with Crippen LogP contribution in [0.2, 0.25) is 0 Å². The lowest BCUT2D eigenvalue weighted by molar-refractivity contribution is 0.0982. The quantitative estimate of drug-likeness (QED) is 0.754. The van der Waals surface area contributed by atoms with Crippen molar-refractivity contribution in [2.45, 2.75) is 19.8 Å². The summed E-state index contributed by atoms with van der Waals surface area (Å²) >= 11 is 0. The third-order valence-electron chi connectivity index (χ3n) is 2.84. The van der Waals surface area contributed by atoms with Gasteiger partial charge in [-0.05, 0) is 13.0 Å². The van der Waals surface area contributed by atoms with Gasteiger partial charge in [0.15, 0.2) is 5.78 Å². The van der Waals surface area contributed by atoms with E-state index in [1.807, 2.05) is 49.0 Å². The van der Waals surface area contributed by atoms with Crippen molar-refractivity contribution in [2.24, 2.45) is 7.05 Å². The standard InChI is InChI=1S/C14H16N2O/c1-11-4-3-5-12(10-11)13(17)6-7-14-15-8-9-16(14)2/h3-5,8-10H,6-7H2,1-2H3. The molecule has 0 saturated heterocycles. The van der Waals surface area contributed by atoms with E-state index in [1.54, 1.807) is 6.20 Å². The van der Waals surface area contributed by atoms with Crippen molar-refractivity contribution in [3.63, 3.8) is 0 Å². The minimum absolute atomic E-state index is 0.178. The van der Waals surface area contributed by atoms with Crippen LogP contribution in [-0.4, -0.2) is 15.3 Å². The average Bonchev–Trinajstić information content (AvgIpc) is 2.72. The number of hydrogen-bond acceptors (Lipinski definition) is 2. The summed E-state index contributed by atoms with van der Waals surface area (Å²) in [5.41, 5.74) is 1.91. The molecule has 0 aliphatic heterocycles. The minimum Gasteiger partial charge on any atom is -0.338 e. The number of carbonyl (C=O) groups excluding carboxylic acids is 1. The summed E-state index contributed by atoms with van der Waals surface area (Å²) in [5, 5.41) is 0. The monoisotopic (exact) mass is 228 g/mol. The van der Waals surface area contributed by atoms with Gasteiger partial charge < -0.3 is 4.57 Å². The zero-order valence-corrected chi connectivity index (χ0v) is 10.2. The van der Waals surface area contributed by atoms with Gasteiger partial charge >= 0.3 is 0 Å². The molecular weight excluding hydrogens is 212 g/mol. The predicted octanol–water partition coefficient (Wildman–Crippen LogP) is 2.54. The van der Waals surface area contributed by atoms with Crippen LogP contribution >= 0.6 is 0 Å². The first-order valence-electron chi connectivity index (χ1n) is 5.73. The van der Waals surface area contributed by atoms with Gasteiger partial charge in [-0.15, -0.1) is 0 Å². The number of imidazole rings is 1. The number of benzene rings is 1. The molecule has 0 fully saturated rings. The van der Waals surface area contributed by atoms with E-state index in [2.05, 4.69) is 4.98 Å². The van der Waals surface area contributed by atoms with Crippen molar-refractivity contribution in [2.75, 3.05) is 0 Å². The van der Waals surface area contributed by atoms with Crippen LogP contribution in [0.15, 0.2) is 36.7 Å². The molecule has 2 rings (SSSR count). The maximum absolute atomic E-state index is 12.0. The topological polar surface area (TPSA) is 34.9 Å². The third-order valence-corrected chi connectivity index (χ3v) is 2.84. The smallest absolute Gasteiger partial charge is 0.163 e. The van der Waals surface area contributed by atoms with E-state index in [9.17, 15) is 4.79 Å². The van der Waals surface area contributed by atoms with Crippen LogP contribution in [-0.2, 0) is 13.5 Å². The molecule has 1 heterocycles. The molecule has 3 nitrogen and oxygen atoms in total. The molecule has 1 aromatic heterocycles. The van der Waals surface area contributed by atoms with E-state index >= 15 is 0 Å². The molecule has 3 heteroatoms. The third kappa shape index (κ3) is 2.81. The number of Topliss-reactive ketones (excluding diaryl/α,β-unsaturated/α-hetero) is 1. The second-order valence-electron chi connectivity index (χ2n) is 4.25. The lowest BCUT2D eigenvalue weighted by atomic mass is 10.0. The Kier molecular flexibility index (Phi) is 3.38. The maximum Gasteiger partial charge on any atom is 0.163 e. The van der Waals surface area contributed by atoms with Gasteiger partial charge in [0.05, 0.1) is 0 Å². The molecule has 2 aromatic rings. The van der Waals surface area contributed by atoms with Gasteiger partial charge in [-0.1, -0.05) is 23.8 Å². The fourth-order valence-electron chi connectivity index (χ4n) is 1.83. The number of aromatic nitrogens is 2. The Balaban J connectivity index is 2.01. The van der Waals surface area contributed by atoms with Gasteiger partial charge in [0.2, 0.25) is 0 Å². The Morgan fingerprint density at radius 1 is 1.41 bits per heavy atom. The van der Waals surface area contributed by atoms with Gasteiger partial charge in [0, 0.05) is 37.8 Å². The molecule has 0 bridgehead atoms. The summed E-state index contributed by atoms with van der Waals surface area (Å²) in [4.78, 5) is 16.2. The second-order valence-corrected chi connectivity index (χ2v) is 4.25. The number of hydrogen-bond donors (Lipinski definition) is 0. The Morgan fingerprint density at radius 2 is 2.24 bits per heavy atom. The van der Waals surface area contributed by atoms with Crippen molar-refractivity contribution in [1.82, 2.24) is 9.55 Å². The van der Waals surface area contributed by atoms with E-state index in [1.165, 1.54) is 0 Å². The summed E-state index contributed by atoms with van der Waals surface area (Å²) in [6.45, 7) is 2.00. The van der Waals surface area contributed by atoms with E-state index < -0.39 is 0 Å². The van der Waals surface area contributed by atoms with Gasteiger partial charge in [-0.25, -0.2) is 4.98 Å². The molecule has 0 radical (unpaired) electrons. The first kappa shape index (κ1) is 11.6. The Bertz CT molecular complexity index is 529. The molecule has 0 aliphatic rings. The molecule has 0 atom stereocenters. The first-order chi connectivity index (χ1) is 8.16. The number of ketones is 1. The second kappa shape index (κ2) is 4.95. The minimum atomic E-state index is 0.178. The van der Waals surface area contributed by atoms with Crippen LogP contribution in [0.25, 0.3) is 0 Å². The van der Waals surface area contributed by atoms with Crippen molar-refractivity contribution >= 4 is 5.78 Å². The molecule has 0 aliphatic carbocycles. The fourth-order valence-corrected chi connectivity index (χ4v) is 1.83. The van der Waals surface area contributed by atoms with E-state index in [0.717, 1.165) is 17.0 Å². The summed E-state index contributed by atoms with van der Waals surface area (Å²) < 4.78 is 1.95. The SMILES string of the molecule is Cc1cccc(C(=O)CCc2nccn2C)c1. The highest BCUT2D eigenvalue weighted by Gasteiger charge is 2.08. The molecular formula is C14H16N2O. The summed E-state index contributed by atoms with van der Waals surface area (Å²) in [6, 6.07) is 7.72. The van der Waals surface area contributed by atoms with Crippen molar-refractivity contribution in [3.05, 3.63) is 53.6 Å². The maximum atomic E-state index is 12.0. The lowest BCUT2D eigenvalue weighted by Gasteiger charge is -2.03. The van der Waals surface area contributed by atoms with Crippen LogP contribution in [0.1, 0.15) is 28.2 Å². The van der Waals surface area contributed by atoms with Gasteiger partial charge in [0.25, 0.3) is 0 Å². The number of aryl methyl sites for hydroxylation is 3. The zero-order valence-electron chi connectivity index (χ0n) is 10.2. The Labute approximate surface area is 101 Å². The normalized spacial score (nSPS) is 10.5. The Hall–Kier alpha value is -1.90. The van der Waals surface area contributed by atoms with Crippen LogP contribution in [0.3, 0.4) is 0 Å². The average molecular weight is 228 g/mol. The van der Waals surface area contributed by atoms with Crippen LogP contribution in [0.4, 0.5) is 0 Å². The predicted molar refractivity (Wildman–Crippen MR) is 67.0 cm³/mol. The molecule has 0 unspecified atom stereocenters. The van der Waals surface area contributed by atoms with Crippen LogP contribution in [0, 0.1) is 6.92 Å². The van der Waals surface area contributed by atoms with E-state index in [-0.39, 0.29) is 5.78 Å². The lowest BCUT2D eigenvalue weighted by Crippen LogP contribution is -2.04. The van der Waals surface area contributed by atoms with Crippen molar-refractivity contribution in [3.8, 4) is 0 Å². The molecule has 0 amide bonds. The molecule has 88 valence electrons. The Morgan fingerprint density at radius 3 is 2.88 bits per heavy atom. The number of rotatable bonds is 4. The van der Waals surface area contributed by atoms with E-state index in [0.29, 0.717) is 12.8 Å². The number of nitrogens with zero attached hydrogens (tertiary/aromatic N) is 2. The van der Waals surface area contributed by atoms with Crippen LogP contribution in [0.5, 0.6) is 0 Å². The van der Waals surface area contributed by atoms with Crippen LogP contribution < -0.4 is 0 Å². The van der Waals surface area contributed by atoms with Crippen molar-refractivity contribution < 1.29 is 4.79 Å². The first-order valence-corrected chi connectivity index (χ1v) is 5.73. The highest BCUT2D eigenvalue weighted by atomic mass is 16.1. The van der Waals surface area contributed by atoms with Gasteiger partial charge in [0.1, 0.15) is 5.82 Å². The summed E-state index contributed by atoms with van der Waals surface area (Å²) in [5.74, 6) is 1.13. The molecule has 1 aromatic carbocycles. The fraction of sp³-hybridized carbons (Fsp3) is 0.286. The summed E-state index contributed by atoms with van der Waals surface area (Å²) in [7, 11) is 1.94. The number of carbonyl (C=O) groups is 1. The molecule has 17 heavy (non-hydrogen) atoms.